The topological polar surface area (TPSA) is 55.4 Å². The van der Waals surface area contributed by atoms with E-state index in [2.05, 4.69) is 10.1 Å². The molecular formula is C14H23F2NO3. The predicted molar refractivity (Wildman–Crippen MR) is 70.3 cm³/mol. The van der Waals surface area contributed by atoms with Crippen molar-refractivity contribution in [2.45, 2.75) is 57.9 Å². The van der Waals surface area contributed by atoms with Crippen LogP contribution in [0.2, 0.25) is 0 Å². The molecule has 116 valence electrons. The molecule has 1 unspecified atom stereocenters. The zero-order valence-electron chi connectivity index (χ0n) is 12.2. The molecular weight excluding hydrogens is 268 g/mol. The summed E-state index contributed by atoms with van der Waals surface area (Å²) in [5.74, 6) is -3.69. The molecule has 0 saturated heterocycles. The van der Waals surface area contributed by atoms with Crippen molar-refractivity contribution < 1.29 is 23.1 Å². The average molecular weight is 291 g/mol. The van der Waals surface area contributed by atoms with E-state index in [1.165, 1.54) is 7.11 Å². The van der Waals surface area contributed by atoms with Crippen LogP contribution in [0.25, 0.3) is 0 Å². The van der Waals surface area contributed by atoms with Gasteiger partial charge in [0.05, 0.1) is 7.11 Å². The molecule has 20 heavy (non-hydrogen) atoms. The van der Waals surface area contributed by atoms with Crippen LogP contribution < -0.4 is 5.32 Å². The molecule has 1 amide bonds. The van der Waals surface area contributed by atoms with Gasteiger partial charge in [0.25, 0.3) is 0 Å². The maximum Gasteiger partial charge on any atom is 0.328 e. The lowest BCUT2D eigenvalue weighted by atomic mass is 9.86. The fourth-order valence-electron chi connectivity index (χ4n) is 2.42. The highest BCUT2D eigenvalue weighted by Crippen LogP contribution is 2.36. The predicted octanol–water partition coefficient (Wildman–Crippen LogP) is 2.52. The van der Waals surface area contributed by atoms with Gasteiger partial charge in [-0.15, -0.1) is 0 Å². The zero-order valence-corrected chi connectivity index (χ0v) is 12.2. The summed E-state index contributed by atoms with van der Waals surface area (Å²) in [7, 11) is 1.27. The van der Waals surface area contributed by atoms with Gasteiger partial charge in [-0.2, -0.15) is 0 Å². The van der Waals surface area contributed by atoms with Gasteiger partial charge in [0.15, 0.2) is 0 Å². The molecule has 0 heterocycles. The number of carbonyl (C=O) groups is 2. The Hall–Kier alpha value is -1.20. The van der Waals surface area contributed by atoms with Crippen LogP contribution in [0.4, 0.5) is 8.78 Å². The van der Waals surface area contributed by atoms with Crippen molar-refractivity contribution in [2.24, 2.45) is 11.8 Å². The first-order valence-electron chi connectivity index (χ1n) is 7.01. The van der Waals surface area contributed by atoms with Crippen molar-refractivity contribution in [2.75, 3.05) is 7.11 Å². The number of methoxy groups -OCH3 is 1. The van der Waals surface area contributed by atoms with Gasteiger partial charge < -0.3 is 10.1 Å². The van der Waals surface area contributed by atoms with E-state index < -0.39 is 23.9 Å². The molecule has 1 aliphatic carbocycles. The maximum absolute atomic E-state index is 13.1. The van der Waals surface area contributed by atoms with E-state index in [0.29, 0.717) is 6.42 Å². The van der Waals surface area contributed by atoms with Gasteiger partial charge in [0.2, 0.25) is 11.8 Å². The number of alkyl halides is 2. The summed E-state index contributed by atoms with van der Waals surface area (Å²) >= 11 is 0. The largest absolute Gasteiger partial charge is 0.467 e. The summed E-state index contributed by atoms with van der Waals surface area (Å²) in [6.45, 7) is 3.87. The summed E-state index contributed by atoms with van der Waals surface area (Å²) in [5.41, 5.74) is 0. The minimum Gasteiger partial charge on any atom is -0.467 e. The Balaban J connectivity index is 2.56. The molecule has 1 rings (SSSR count). The molecule has 1 N–H and O–H groups in total. The van der Waals surface area contributed by atoms with Gasteiger partial charge in [-0.25, -0.2) is 13.6 Å². The van der Waals surface area contributed by atoms with E-state index in [1.807, 2.05) is 13.8 Å². The second-order valence-corrected chi connectivity index (χ2v) is 5.84. The molecule has 0 aromatic rings. The second-order valence-electron chi connectivity index (χ2n) is 5.84. The highest BCUT2D eigenvalue weighted by molar-refractivity contribution is 5.85. The van der Waals surface area contributed by atoms with Gasteiger partial charge in [-0.3, -0.25) is 4.79 Å². The number of hydrogen-bond acceptors (Lipinski definition) is 3. The lowest BCUT2D eigenvalue weighted by molar-refractivity contribution is -0.146. The smallest absolute Gasteiger partial charge is 0.328 e. The van der Waals surface area contributed by atoms with Crippen LogP contribution in [0, 0.1) is 11.8 Å². The highest BCUT2D eigenvalue weighted by Gasteiger charge is 2.38. The third-order valence-electron chi connectivity index (χ3n) is 3.60. The standard InChI is InChI=1S/C14H23F2NO3/c1-9(2)8-11(13(19)20-3)17-12(18)10-4-6-14(15,16)7-5-10/h9-11H,4-8H2,1-3H3,(H,17,18). The highest BCUT2D eigenvalue weighted by atomic mass is 19.3. The fourth-order valence-corrected chi connectivity index (χ4v) is 2.42. The first kappa shape index (κ1) is 16.9. The normalized spacial score (nSPS) is 20.5. The van der Waals surface area contributed by atoms with Gasteiger partial charge >= 0.3 is 5.97 Å². The van der Waals surface area contributed by atoms with Crippen molar-refractivity contribution in [1.82, 2.24) is 5.32 Å². The minimum absolute atomic E-state index is 0.161. The molecule has 0 radical (unpaired) electrons. The Morgan fingerprint density at radius 3 is 2.30 bits per heavy atom. The van der Waals surface area contributed by atoms with Crippen molar-refractivity contribution >= 4 is 11.9 Å². The number of halogens is 2. The number of rotatable bonds is 5. The van der Waals surface area contributed by atoms with Crippen molar-refractivity contribution in [3.63, 3.8) is 0 Å². The van der Waals surface area contributed by atoms with Crippen LogP contribution in [0.3, 0.4) is 0 Å². The summed E-state index contributed by atoms with van der Waals surface area (Å²) in [4.78, 5) is 23.7. The van der Waals surface area contributed by atoms with Crippen molar-refractivity contribution in [3.05, 3.63) is 0 Å². The van der Waals surface area contributed by atoms with Crippen LogP contribution in [0.15, 0.2) is 0 Å². The number of carbonyl (C=O) groups excluding carboxylic acids is 2. The first-order chi connectivity index (χ1) is 9.25. The Kier molecular flexibility index (Phi) is 5.89. The SMILES string of the molecule is COC(=O)C(CC(C)C)NC(=O)C1CCC(F)(F)CC1. The Labute approximate surface area is 118 Å². The molecule has 0 spiro atoms. The van der Waals surface area contributed by atoms with Gasteiger partial charge in [-0.05, 0) is 25.2 Å². The van der Waals surface area contributed by atoms with Gasteiger partial charge in [0, 0.05) is 18.8 Å². The molecule has 4 nitrogen and oxygen atoms in total. The quantitative estimate of drug-likeness (QED) is 0.792. The van der Waals surface area contributed by atoms with Crippen molar-refractivity contribution in [1.29, 1.82) is 0 Å². The Morgan fingerprint density at radius 2 is 1.85 bits per heavy atom. The lowest BCUT2D eigenvalue weighted by Crippen LogP contribution is -2.46. The molecule has 1 fully saturated rings. The Morgan fingerprint density at radius 1 is 1.30 bits per heavy atom. The molecule has 0 bridgehead atoms. The first-order valence-corrected chi connectivity index (χ1v) is 7.01. The van der Waals surface area contributed by atoms with Crippen LogP contribution in [0.5, 0.6) is 0 Å². The summed E-state index contributed by atoms with van der Waals surface area (Å²) < 4.78 is 30.8. The van der Waals surface area contributed by atoms with Crippen LogP contribution in [-0.4, -0.2) is 31.0 Å². The van der Waals surface area contributed by atoms with Gasteiger partial charge in [0.1, 0.15) is 6.04 Å². The average Bonchev–Trinajstić information content (AvgIpc) is 2.36. The number of hydrogen-bond donors (Lipinski definition) is 1. The molecule has 0 aromatic carbocycles. The Bertz CT molecular complexity index is 348. The van der Waals surface area contributed by atoms with Crippen LogP contribution in [-0.2, 0) is 14.3 Å². The van der Waals surface area contributed by atoms with Gasteiger partial charge in [-0.1, -0.05) is 13.8 Å². The number of ether oxygens (including phenoxy) is 1. The minimum atomic E-state index is -2.66. The molecule has 1 saturated carbocycles. The molecule has 1 aliphatic rings. The number of esters is 1. The van der Waals surface area contributed by atoms with E-state index in [0.717, 1.165) is 0 Å². The summed E-state index contributed by atoms with van der Waals surface area (Å²) in [6, 6.07) is -0.699. The van der Waals surface area contributed by atoms with E-state index in [1.54, 1.807) is 0 Å². The zero-order chi connectivity index (χ0) is 15.3. The van der Waals surface area contributed by atoms with Crippen LogP contribution >= 0.6 is 0 Å². The number of amides is 1. The fraction of sp³-hybridized carbons (Fsp3) is 0.857. The van der Waals surface area contributed by atoms with E-state index in [-0.39, 0.29) is 37.5 Å². The van der Waals surface area contributed by atoms with E-state index in [4.69, 9.17) is 0 Å². The summed E-state index contributed by atoms with van der Waals surface area (Å²) in [6.07, 6.45) is 0.264. The third kappa shape index (κ3) is 5.06. The number of nitrogens with one attached hydrogen (secondary N) is 1. The van der Waals surface area contributed by atoms with Crippen LogP contribution in [0.1, 0.15) is 46.0 Å². The van der Waals surface area contributed by atoms with E-state index >= 15 is 0 Å². The molecule has 6 heteroatoms. The molecule has 0 aromatic heterocycles. The summed E-state index contributed by atoms with van der Waals surface area (Å²) in [5, 5.41) is 2.64. The maximum atomic E-state index is 13.1. The molecule has 1 atom stereocenters. The lowest BCUT2D eigenvalue weighted by Gasteiger charge is -2.28. The van der Waals surface area contributed by atoms with Crippen molar-refractivity contribution in [3.8, 4) is 0 Å². The second kappa shape index (κ2) is 6.99. The third-order valence-corrected chi connectivity index (χ3v) is 3.60. The monoisotopic (exact) mass is 291 g/mol. The van der Waals surface area contributed by atoms with E-state index in [9.17, 15) is 18.4 Å². The molecule has 0 aliphatic heterocycles.